The molecule has 7 nitrogen and oxygen atoms in total. The van der Waals surface area contributed by atoms with E-state index in [2.05, 4.69) is 10.6 Å². The Hall–Kier alpha value is -2.28. The fraction of sp³-hybridized carbons (Fsp3) is 0.400. The van der Waals surface area contributed by atoms with Crippen LogP contribution in [0, 0.1) is 0 Å². The minimum Gasteiger partial charge on any atom is -0.495 e. The molecule has 0 aromatic heterocycles. The summed E-state index contributed by atoms with van der Waals surface area (Å²) >= 11 is 5.89. The molecular weight excluding hydrogens is 322 g/mol. The number of ether oxygens (including phenoxy) is 1. The van der Waals surface area contributed by atoms with Gasteiger partial charge in [-0.25, -0.2) is 4.79 Å². The third kappa shape index (κ3) is 3.39. The van der Waals surface area contributed by atoms with E-state index in [0.717, 1.165) is 4.90 Å². The Labute approximate surface area is 138 Å². The first kappa shape index (κ1) is 17.1. The van der Waals surface area contributed by atoms with E-state index >= 15 is 0 Å². The van der Waals surface area contributed by atoms with E-state index in [1.165, 1.54) is 13.2 Å². The van der Waals surface area contributed by atoms with Crippen LogP contribution in [0.2, 0.25) is 5.02 Å². The lowest BCUT2D eigenvalue weighted by atomic mass is 9.99. The molecule has 0 bridgehead atoms. The zero-order chi connectivity index (χ0) is 17.2. The number of urea groups is 1. The van der Waals surface area contributed by atoms with Gasteiger partial charge in [-0.3, -0.25) is 14.5 Å². The van der Waals surface area contributed by atoms with Gasteiger partial charge in [-0.05, 0) is 31.5 Å². The van der Waals surface area contributed by atoms with Gasteiger partial charge in [-0.15, -0.1) is 0 Å². The SMILES string of the molecule is CC[C@]1(C)NC(=O)N(CC(=O)Nc2cc(Cl)ccc2OC)C1=O. The van der Waals surface area contributed by atoms with Crippen molar-refractivity contribution in [2.24, 2.45) is 0 Å². The van der Waals surface area contributed by atoms with Gasteiger partial charge in [0.1, 0.15) is 17.8 Å². The minimum atomic E-state index is -0.967. The molecule has 23 heavy (non-hydrogen) atoms. The standard InChI is InChI=1S/C15H18ClN3O4/c1-4-15(2)13(21)19(14(22)18-15)8-12(20)17-10-7-9(16)5-6-11(10)23-3/h5-7H,4,8H2,1-3H3,(H,17,20)(H,18,22)/t15-/m0/s1. The molecule has 0 spiro atoms. The van der Waals surface area contributed by atoms with Crippen molar-refractivity contribution < 1.29 is 19.1 Å². The predicted octanol–water partition coefficient (Wildman–Crippen LogP) is 2.01. The number of hydrogen-bond donors (Lipinski definition) is 2. The average Bonchev–Trinajstić information content (AvgIpc) is 2.71. The fourth-order valence-electron chi connectivity index (χ4n) is 2.24. The second kappa shape index (κ2) is 6.45. The molecule has 1 aromatic rings. The van der Waals surface area contributed by atoms with Crippen LogP contribution in [0.1, 0.15) is 20.3 Å². The maximum absolute atomic E-state index is 12.3. The third-order valence-corrected chi connectivity index (χ3v) is 4.02. The topological polar surface area (TPSA) is 87.7 Å². The first-order valence-corrected chi connectivity index (χ1v) is 7.46. The van der Waals surface area contributed by atoms with E-state index in [1.54, 1.807) is 26.0 Å². The van der Waals surface area contributed by atoms with Gasteiger partial charge in [0.15, 0.2) is 0 Å². The maximum Gasteiger partial charge on any atom is 0.325 e. The Morgan fingerprint density at radius 3 is 2.70 bits per heavy atom. The highest BCUT2D eigenvalue weighted by atomic mass is 35.5. The number of hydrogen-bond acceptors (Lipinski definition) is 4. The van der Waals surface area contributed by atoms with E-state index in [0.29, 0.717) is 22.9 Å². The van der Waals surface area contributed by atoms with Gasteiger partial charge in [-0.2, -0.15) is 0 Å². The van der Waals surface area contributed by atoms with Crippen LogP contribution in [0.4, 0.5) is 10.5 Å². The molecule has 0 unspecified atom stereocenters. The number of carbonyl (C=O) groups is 3. The molecule has 0 aliphatic carbocycles. The second-order valence-electron chi connectivity index (χ2n) is 5.40. The molecule has 1 fully saturated rings. The van der Waals surface area contributed by atoms with Crippen LogP contribution >= 0.6 is 11.6 Å². The molecular formula is C15H18ClN3O4. The van der Waals surface area contributed by atoms with Gasteiger partial charge in [0.05, 0.1) is 12.8 Å². The van der Waals surface area contributed by atoms with Crippen molar-refractivity contribution in [3.05, 3.63) is 23.2 Å². The monoisotopic (exact) mass is 339 g/mol. The largest absolute Gasteiger partial charge is 0.495 e. The summed E-state index contributed by atoms with van der Waals surface area (Å²) < 4.78 is 5.13. The highest BCUT2D eigenvalue weighted by molar-refractivity contribution is 6.31. The predicted molar refractivity (Wildman–Crippen MR) is 85.6 cm³/mol. The molecule has 1 heterocycles. The summed E-state index contributed by atoms with van der Waals surface area (Å²) in [5.74, 6) is -0.508. The zero-order valence-electron chi connectivity index (χ0n) is 13.1. The molecule has 1 aliphatic rings. The maximum atomic E-state index is 12.3. The number of rotatable bonds is 5. The first-order valence-electron chi connectivity index (χ1n) is 7.08. The van der Waals surface area contributed by atoms with E-state index in [9.17, 15) is 14.4 Å². The quantitative estimate of drug-likeness (QED) is 0.803. The number of nitrogens with zero attached hydrogens (tertiary/aromatic N) is 1. The summed E-state index contributed by atoms with van der Waals surface area (Å²) in [6, 6.07) is 4.19. The number of methoxy groups -OCH3 is 1. The Kier molecular flexibility index (Phi) is 4.79. The van der Waals surface area contributed by atoms with Crippen LogP contribution in [0.25, 0.3) is 0 Å². The Morgan fingerprint density at radius 2 is 2.13 bits per heavy atom. The Bertz CT molecular complexity index is 664. The summed E-state index contributed by atoms with van der Waals surface area (Å²) in [6.45, 7) is 3.04. The number of imide groups is 1. The van der Waals surface area contributed by atoms with E-state index < -0.39 is 23.4 Å². The molecule has 0 saturated carbocycles. The highest BCUT2D eigenvalue weighted by Crippen LogP contribution is 2.28. The number of amides is 4. The molecule has 1 aliphatic heterocycles. The van der Waals surface area contributed by atoms with Crippen LogP contribution in [-0.4, -0.2) is 41.9 Å². The van der Waals surface area contributed by atoms with Crippen LogP contribution in [0.5, 0.6) is 5.75 Å². The van der Waals surface area contributed by atoms with Crippen LogP contribution in [-0.2, 0) is 9.59 Å². The molecule has 0 radical (unpaired) electrons. The van der Waals surface area contributed by atoms with Crippen molar-refractivity contribution in [2.75, 3.05) is 19.0 Å². The lowest BCUT2D eigenvalue weighted by Crippen LogP contribution is -2.44. The van der Waals surface area contributed by atoms with Gasteiger partial charge in [0.25, 0.3) is 5.91 Å². The van der Waals surface area contributed by atoms with Crippen molar-refractivity contribution in [2.45, 2.75) is 25.8 Å². The van der Waals surface area contributed by atoms with E-state index in [4.69, 9.17) is 16.3 Å². The van der Waals surface area contributed by atoms with Gasteiger partial charge < -0.3 is 15.4 Å². The van der Waals surface area contributed by atoms with Gasteiger partial charge in [0, 0.05) is 5.02 Å². The minimum absolute atomic E-state index is 0.371. The number of halogens is 1. The van der Waals surface area contributed by atoms with Gasteiger partial charge in [-0.1, -0.05) is 18.5 Å². The lowest BCUT2D eigenvalue weighted by molar-refractivity contribution is -0.133. The fourth-order valence-corrected chi connectivity index (χ4v) is 2.41. The molecule has 2 rings (SSSR count). The molecule has 1 aromatic carbocycles. The van der Waals surface area contributed by atoms with E-state index in [1.807, 2.05) is 0 Å². The Morgan fingerprint density at radius 1 is 1.43 bits per heavy atom. The van der Waals surface area contributed by atoms with Crippen molar-refractivity contribution in [3.63, 3.8) is 0 Å². The summed E-state index contributed by atoms with van der Waals surface area (Å²) in [4.78, 5) is 37.2. The normalized spacial score (nSPS) is 20.4. The zero-order valence-corrected chi connectivity index (χ0v) is 13.9. The number of benzene rings is 1. The summed E-state index contributed by atoms with van der Waals surface area (Å²) in [6.07, 6.45) is 0.442. The Balaban J connectivity index is 2.10. The summed E-state index contributed by atoms with van der Waals surface area (Å²) in [5, 5.41) is 5.61. The smallest absolute Gasteiger partial charge is 0.325 e. The summed E-state index contributed by atoms with van der Waals surface area (Å²) in [5.41, 5.74) is -0.596. The summed E-state index contributed by atoms with van der Waals surface area (Å²) in [7, 11) is 1.46. The molecule has 4 amide bonds. The molecule has 1 atom stereocenters. The first-order chi connectivity index (χ1) is 10.8. The molecule has 2 N–H and O–H groups in total. The number of anilines is 1. The number of carbonyl (C=O) groups excluding carboxylic acids is 3. The molecule has 124 valence electrons. The second-order valence-corrected chi connectivity index (χ2v) is 5.84. The van der Waals surface area contributed by atoms with Gasteiger partial charge in [0.2, 0.25) is 5.91 Å². The van der Waals surface area contributed by atoms with Crippen LogP contribution in [0.15, 0.2) is 18.2 Å². The molecule has 8 heteroatoms. The third-order valence-electron chi connectivity index (χ3n) is 3.79. The van der Waals surface area contributed by atoms with Crippen molar-refractivity contribution >= 4 is 35.1 Å². The molecule has 1 saturated heterocycles. The van der Waals surface area contributed by atoms with Crippen molar-refractivity contribution in [3.8, 4) is 5.75 Å². The average molecular weight is 340 g/mol. The van der Waals surface area contributed by atoms with Gasteiger partial charge >= 0.3 is 6.03 Å². The van der Waals surface area contributed by atoms with Crippen molar-refractivity contribution in [1.82, 2.24) is 10.2 Å². The lowest BCUT2D eigenvalue weighted by Gasteiger charge is -2.19. The van der Waals surface area contributed by atoms with Crippen molar-refractivity contribution in [1.29, 1.82) is 0 Å². The number of nitrogens with one attached hydrogen (secondary N) is 2. The van der Waals surface area contributed by atoms with Crippen LogP contribution < -0.4 is 15.4 Å². The van der Waals surface area contributed by atoms with Crippen LogP contribution in [0.3, 0.4) is 0 Å². The highest BCUT2D eigenvalue weighted by Gasteiger charge is 2.46. The van der Waals surface area contributed by atoms with E-state index in [-0.39, 0.29) is 6.54 Å².